The third kappa shape index (κ3) is 3.27. The SMILES string of the molecule is CC(CO)C(C)NCC1CCC(=O)N1. The average molecular weight is 200 g/mol. The van der Waals surface area contributed by atoms with E-state index in [1.807, 2.05) is 6.92 Å². The van der Waals surface area contributed by atoms with Gasteiger partial charge in [0.1, 0.15) is 0 Å². The summed E-state index contributed by atoms with van der Waals surface area (Å²) in [5.41, 5.74) is 0. The van der Waals surface area contributed by atoms with Crippen LogP contribution >= 0.6 is 0 Å². The van der Waals surface area contributed by atoms with Gasteiger partial charge >= 0.3 is 0 Å². The van der Waals surface area contributed by atoms with Gasteiger partial charge in [0.05, 0.1) is 0 Å². The molecule has 0 saturated carbocycles. The lowest BCUT2D eigenvalue weighted by Crippen LogP contribution is -2.42. The van der Waals surface area contributed by atoms with Crippen molar-refractivity contribution in [2.24, 2.45) is 5.92 Å². The van der Waals surface area contributed by atoms with E-state index in [0.29, 0.717) is 6.42 Å². The Bertz CT molecular complexity index is 197. The van der Waals surface area contributed by atoms with Crippen molar-refractivity contribution < 1.29 is 9.90 Å². The number of carbonyl (C=O) groups excluding carboxylic acids is 1. The summed E-state index contributed by atoms with van der Waals surface area (Å²) in [4.78, 5) is 10.9. The topological polar surface area (TPSA) is 61.4 Å². The Balaban J connectivity index is 2.17. The molecule has 0 bridgehead atoms. The maximum absolute atomic E-state index is 10.9. The van der Waals surface area contributed by atoms with Crippen LogP contribution in [0.3, 0.4) is 0 Å². The minimum Gasteiger partial charge on any atom is -0.396 e. The van der Waals surface area contributed by atoms with Crippen LogP contribution in [0.1, 0.15) is 26.7 Å². The normalized spacial score (nSPS) is 25.9. The van der Waals surface area contributed by atoms with Crippen LogP contribution in [0.4, 0.5) is 0 Å². The summed E-state index contributed by atoms with van der Waals surface area (Å²) >= 11 is 0. The molecular weight excluding hydrogens is 180 g/mol. The zero-order valence-electron chi connectivity index (χ0n) is 8.92. The largest absolute Gasteiger partial charge is 0.396 e. The standard InChI is InChI=1S/C10H20N2O2/c1-7(6-13)8(2)11-5-9-3-4-10(14)12-9/h7-9,11,13H,3-6H2,1-2H3,(H,12,14). The van der Waals surface area contributed by atoms with E-state index in [-0.39, 0.29) is 30.5 Å². The van der Waals surface area contributed by atoms with Crippen molar-refractivity contribution in [3.8, 4) is 0 Å². The second-order valence-corrected chi connectivity index (χ2v) is 4.16. The Labute approximate surface area is 85.1 Å². The van der Waals surface area contributed by atoms with Crippen LogP contribution in [0.15, 0.2) is 0 Å². The molecule has 0 aromatic carbocycles. The fourth-order valence-corrected chi connectivity index (χ4v) is 1.52. The summed E-state index contributed by atoms with van der Waals surface area (Å²) in [6.45, 7) is 5.06. The molecule has 4 nitrogen and oxygen atoms in total. The molecule has 1 heterocycles. The van der Waals surface area contributed by atoms with Gasteiger partial charge < -0.3 is 15.7 Å². The lowest BCUT2D eigenvalue weighted by atomic mass is 10.0. The summed E-state index contributed by atoms with van der Waals surface area (Å²) in [6.07, 6.45) is 1.57. The van der Waals surface area contributed by atoms with Crippen LogP contribution in [0.25, 0.3) is 0 Å². The van der Waals surface area contributed by atoms with E-state index in [1.54, 1.807) is 0 Å². The monoisotopic (exact) mass is 200 g/mol. The van der Waals surface area contributed by atoms with Gasteiger partial charge in [-0.3, -0.25) is 4.79 Å². The fraction of sp³-hybridized carbons (Fsp3) is 0.900. The highest BCUT2D eigenvalue weighted by atomic mass is 16.3. The number of aliphatic hydroxyl groups is 1. The van der Waals surface area contributed by atoms with Crippen molar-refractivity contribution in [2.45, 2.75) is 38.8 Å². The maximum Gasteiger partial charge on any atom is 0.220 e. The van der Waals surface area contributed by atoms with Crippen LogP contribution in [-0.2, 0) is 4.79 Å². The molecule has 0 radical (unpaired) electrons. The molecule has 0 spiro atoms. The van der Waals surface area contributed by atoms with Gasteiger partial charge in [0, 0.05) is 31.7 Å². The molecule has 14 heavy (non-hydrogen) atoms. The highest BCUT2D eigenvalue weighted by molar-refractivity contribution is 5.78. The van der Waals surface area contributed by atoms with E-state index >= 15 is 0 Å². The molecule has 1 amide bonds. The summed E-state index contributed by atoms with van der Waals surface area (Å²) in [5, 5.41) is 15.2. The Hall–Kier alpha value is -0.610. The Morgan fingerprint density at radius 3 is 2.86 bits per heavy atom. The molecule has 1 aliphatic rings. The molecule has 0 aromatic rings. The number of hydrogen-bond acceptors (Lipinski definition) is 3. The zero-order valence-corrected chi connectivity index (χ0v) is 8.92. The van der Waals surface area contributed by atoms with Crippen LogP contribution in [0.5, 0.6) is 0 Å². The van der Waals surface area contributed by atoms with Gasteiger partial charge in [0.15, 0.2) is 0 Å². The quantitative estimate of drug-likeness (QED) is 0.579. The Morgan fingerprint density at radius 2 is 2.36 bits per heavy atom. The van der Waals surface area contributed by atoms with Gasteiger partial charge in [-0.2, -0.15) is 0 Å². The Kier molecular flexibility index (Phi) is 4.35. The van der Waals surface area contributed by atoms with E-state index in [0.717, 1.165) is 13.0 Å². The molecule has 3 N–H and O–H groups in total. The first-order chi connectivity index (χ1) is 6.63. The molecule has 0 aliphatic carbocycles. The molecular formula is C10H20N2O2. The first-order valence-electron chi connectivity index (χ1n) is 5.27. The van der Waals surface area contributed by atoms with Gasteiger partial charge in [-0.15, -0.1) is 0 Å². The van der Waals surface area contributed by atoms with Crippen molar-refractivity contribution in [3.63, 3.8) is 0 Å². The van der Waals surface area contributed by atoms with E-state index in [9.17, 15) is 4.79 Å². The highest BCUT2D eigenvalue weighted by Gasteiger charge is 2.21. The van der Waals surface area contributed by atoms with E-state index in [4.69, 9.17) is 5.11 Å². The molecule has 0 aromatic heterocycles. The molecule has 1 rings (SSSR count). The predicted octanol–water partition coefficient (Wildman–Crippen LogP) is -0.128. The predicted molar refractivity (Wildman–Crippen MR) is 54.9 cm³/mol. The van der Waals surface area contributed by atoms with E-state index in [2.05, 4.69) is 17.6 Å². The molecule has 1 aliphatic heterocycles. The smallest absolute Gasteiger partial charge is 0.220 e. The first-order valence-corrected chi connectivity index (χ1v) is 5.27. The number of carbonyl (C=O) groups is 1. The molecule has 1 fully saturated rings. The van der Waals surface area contributed by atoms with Gasteiger partial charge in [-0.25, -0.2) is 0 Å². The summed E-state index contributed by atoms with van der Waals surface area (Å²) in [5.74, 6) is 0.409. The number of amides is 1. The van der Waals surface area contributed by atoms with Crippen LogP contribution in [0.2, 0.25) is 0 Å². The molecule has 82 valence electrons. The van der Waals surface area contributed by atoms with Crippen LogP contribution in [-0.4, -0.2) is 36.2 Å². The number of aliphatic hydroxyl groups excluding tert-OH is 1. The lowest BCUT2D eigenvalue weighted by molar-refractivity contribution is -0.119. The summed E-state index contributed by atoms with van der Waals surface area (Å²) in [7, 11) is 0. The summed E-state index contributed by atoms with van der Waals surface area (Å²) < 4.78 is 0. The number of rotatable bonds is 5. The van der Waals surface area contributed by atoms with Gasteiger partial charge in [0.25, 0.3) is 0 Å². The van der Waals surface area contributed by atoms with Crippen molar-refractivity contribution in [1.82, 2.24) is 10.6 Å². The first kappa shape index (κ1) is 11.5. The molecule has 3 unspecified atom stereocenters. The average Bonchev–Trinajstić information content (AvgIpc) is 2.59. The van der Waals surface area contributed by atoms with Crippen molar-refractivity contribution in [2.75, 3.05) is 13.2 Å². The summed E-state index contributed by atoms with van der Waals surface area (Å²) in [6, 6.07) is 0.563. The van der Waals surface area contributed by atoms with Crippen molar-refractivity contribution in [3.05, 3.63) is 0 Å². The van der Waals surface area contributed by atoms with Gasteiger partial charge in [-0.1, -0.05) is 6.92 Å². The second-order valence-electron chi connectivity index (χ2n) is 4.16. The van der Waals surface area contributed by atoms with Crippen molar-refractivity contribution >= 4 is 5.91 Å². The minimum absolute atomic E-state index is 0.152. The third-order valence-corrected chi connectivity index (χ3v) is 2.91. The van der Waals surface area contributed by atoms with E-state index < -0.39 is 0 Å². The van der Waals surface area contributed by atoms with Gasteiger partial charge in [0.2, 0.25) is 5.91 Å². The van der Waals surface area contributed by atoms with Gasteiger partial charge in [-0.05, 0) is 19.3 Å². The highest BCUT2D eigenvalue weighted by Crippen LogP contribution is 2.06. The maximum atomic E-state index is 10.9. The van der Waals surface area contributed by atoms with Crippen molar-refractivity contribution in [1.29, 1.82) is 0 Å². The van der Waals surface area contributed by atoms with Crippen LogP contribution < -0.4 is 10.6 Å². The number of hydrogen-bond donors (Lipinski definition) is 3. The Morgan fingerprint density at radius 1 is 1.64 bits per heavy atom. The second kappa shape index (κ2) is 5.32. The fourth-order valence-electron chi connectivity index (χ4n) is 1.52. The number of nitrogens with one attached hydrogen (secondary N) is 2. The zero-order chi connectivity index (χ0) is 10.6. The molecule has 1 saturated heterocycles. The van der Waals surface area contributed by atoms with Crippen LogP contribution in [0, 0.1) is 5.92 Å². The lowest BCUT2D eigenvalue weighted by Gasteiger charge is -2.21. The molecule has 3 atom stereocenters. The molecule has 4 heteroatoms. The minimum atomic E-state index is 0.152. The van der Waals surface area contributed by atoms with E-state index in [1.165, 1.54) is 0 Å². The third-order valence-electron chi connectivity index (χ3n) is 2.91.